The molecule has 0 bridgehead atoms. The second kappa shape index (κ2) is 49.5. The number of anilines is 4. The van der Waals surface area contributed by atoms with E-state index in [1.807, 2.05) is 123 Å². The van der Waals surface area contributed by atoms with E-state index in [0.717, 1.165) is 99.9 Å². The minimum atomic E-state index is -3.83. The van der Waals surface area contributed by atoms with Crippen molar-refractivity contribution in [3.8, 4) is 17.0 Å². The number of aromatic nitrogens is 5. The number of pyridine rings is 3. The number of nitrogens with two attached hydrogens (primary N) is 2. The van der Waals surface area contributed by atoms with E-state index in [4.69, 9.17) is 30.8 Å². The number of para-hydroxylation sites is 2. The monoisotopic (exact) mass is 1690 g/mol. The number of esters is 1. The molecule has 0 spiro atoms. The molecule has 1 amide bonds. The number of aliphatic hydroxyl groups excluding tert-OH is 1. The van der Waals surface area contributed by atoms with Gasteiger partial charge in [-0.1, -0.05) is 151 Å². The summed E-state index contributed by atoms with van der Waals surface area (Å²) in [6.07, 6.45) is 10.8. The fourth-order valence-electron chi connectivity index (χ4n) is 11.7. The molecule has 0 atom stereocenters. The van der Waals surface area contributed by atoms with Crippen LogP contribution in [0.25, 0.3) is 22.0 Å². The van der Waals surface area contributed by atoms with Crippen LogP contribution >= 0.6 is 11.8 Å². The number of carbonyl (C=O) groups is 7. The van der Waals surface area contributed by atoms with Crippen molar-refractivity contribution in [3.05, 3.63) is 328 Å². The first-order valence-corrected chi connectivity index (χ1v) is 40.9. The number of hydrogen-bond donors (Lipinski definition) is 7. The fraction of sp³-hybridized carbons (Fsp3) is 0.217. The van der Waals surface area contributed by atoms with Crippen molar-refractivity contribution in [2.24, 2.45) is 0 Å². The lowest BCUT2D eigenvalue weighted by molar-refractivity contribution is -0.910. The number of ether oxygens (including phenoxy) is 3. The van der Waals surface area contributed by atoms with Crippen LogP contribution in [0.2, 0.25) is 0 Å². The number of amides is 1. The predicted octanol–water partition coefficient (Wildman–Crippen LogP) is 9.25. The Morgan fingerprint density at radius 3 is 1.65 bits per heavy atom. The number of rotatable bonds is 35. The number of nitrogens with one attached hydrogen (secondary N) is 4. The minimum Gasteiger partial charge on any atom is -1.00 e. The van der Waals surface area contributed by atoms with E-state index in [9.17, 15) is 42.0 Å². The first-order chi connectivity index (χ1) is 57.5. The number of ketones is 4. The van der Waals surface area contributed by atoms with Gasteiger partial charge in [0.2, 0.25) is 5.95 Å². The van der Waals surface area contributed by atoms with E-state index in [-0.39, 0.29) is 94.6 Å². The molecule has 12 rings (SSSR count). The van der Waals surface area contributed by atoms with E-state index < -0.39 is 22.7 Å². The third kappa shape index (κ3) is 32.0. The summed E-state index contributed by atoms with van der Waals surface area (Å²) in [6.45, 7) is 11.2. The van der Waals surface area contributed by atoms with Crippen molar-refractivity contribution in [2.75, 3.05) is 74.2 Å². The van der Waals surface area contributed by atoms with Gasteiger partial charge < -0.3 is 69.1 Å². The molecule has 0 fully saturated rings. The smallest absolute Gasteiger partial charge is 0.407 e. The number of fused-ring (bicyclic) bond motifs is 1. The van der Waals surface area contributed by atoms with Gasteiger partial charge in [0.15, 0.2) is 28.2 Å². The van der Waals surface area contributed by atoms with Gasteiger partial charge in [0.1, 0.15) is 37.9 Å². The standard InChI is InChI=1S/C26H29NO4.C24H21N5O.C22H21N3O3.C20H25N3O5S2.ClH.H2O/c1-3-27(4-2)16-20-7-11-24-14-21(8-12-23(24)13-20)18-31-26(30)15-19-5-9-22(10-6-19)25(29)17-28;25-21-6-2-1-4-19(21)14-23(30)18-9-7-17(8-10-18)15-28-24-27-13-11-22(29-24)20-5-3-12-26-16-20;23-20-6-2-1-5-19(20)12-21(26)18-9-7-16(8-10-18)14-25-22(27)28-15-17-4-3-11-24-13-17;1-15(24)29-14-19(25)16-5-10-20(21-13-16)22-30(26,27)18-8-6-17(7-9-18)28-12-4-11-23(2)3;;/h5-14,28H,3-4,15-18H2,1-2H3;1-13,16H,14-15,25H2,(H,27,28,29);1-11,13H,12,14-15,23H2,(H,25,27);5-10,13H,4,11-12,14H2,1-3H3,(H,21,22);1H;1H2. The van der Waals surface area contributed by atoms with E-state index in [1.54, 1.807) is 96.5 Å². The Kier molecular flexibility index (Phi) is 38.9. The molecule has 26 nitrogen and oxygen atoms in total. The number of carbonyl (C=O) groups excluding carboxylic acids is 7. The van der Waals surface area contributed by atoms with E-state index in [2.05, 4.69) is 89.4 Å². The normalized spacial score (nSPS) is 10.6. The topological polar surface area (TPSA) is 393 Å². The Morgan fingerprint density at radius 2 is 1.10 bits per heavy atom. The molecule has 121 heavy (non-hydrogen) atoms. The summed E-state index contributed by atoms with van der Waals surface area (Å²) >= 11 is 0.914. The molecule has 0 aliphatic heterocycles. The SMILES string of the molecule is CC(=O)SCC(=O)c1ccc(NS(=O)(=O)c2ccc(OCCCN(C)C)cc2)nc1.CC[NH+](CC)Cc1ccc2cc(COC(=O)Cc3ccc(C(=O)CO)cc3)ccc2c1.Nc1ccccc1CC(=O)c1ccc(CNC(=O)OCc2cccnc2)cc1.Nc1ccccc1CC(=O)c1ccc(CNc2nccc(-c3cccnc3)n2)cc1.O.[Cl-]. The lowest BCUT2D eigenvalue weighted by Gasteiger charge is -2.15. The third-order valence-electron chi connectivity index (χ3n) is 18.4. The van der Waals surface area contributed by atoms with Gasteiger partial charge in [-0.2, -0.15) is 0 Å². The second-order valence-electron chi connectivity index (χ2n) is 27.6. The molecule has 12 aromatic rings. The summed E-state index contributed by atoms with van der Waals surface area (Å²) in [6, 6.07) is 67.0. The third-order valence-corrected chi connectivity index (χ3v) is 20.6. The van der Waals surface area contributed by atoms with Gasteiger partial charge in [-0.05, 0) is 163 Å². The van der Waals surface area contributed by atoms with Crippen molar-refractivity contribution in [1.82, 2.24) is 35.1 Å². The number of alkyl carbamates (subject to hydrolysis) is 1. The van der Waals surface area contributed by atoms with Crippen molar-refractivity contribution >= 4 is 96.0 Å². The van der Waals surface area contributed by atoms with Crippen LogP contribution in [-0.4, -0.2) is 142 Å². The highest BCUT2D eigenvalue weighted by atomic mass is 35.5. The average molecular weight is 1700 g/mol. The van der Waals surface area contributed by atoms with Crippen LogP contribution in [0, 0.1) is 0 Å². The van der Waals surface area contributed by atoms with Gasteiger partial charge in [-0.3, -0.25) is 43.5 Å². The largest absolute Gasteiger partial charge is 1.00 e. The van der Waals surface area contributed by atoms with Crippen LogP contribution in [0.15, 0.2) is 267 Å². The molecule has 4 aromatic heterocycles. The summed E-state index contributed by atoms with van der Waals surface area (Å²) in [5.41, 5.74) is 24.3. The summed E-state index contributed by atoms with van der Waals surface area (Å²) in [4.78, 5) is 108. The van der Waals surface area contributed by atoms with Crippen LogP contribution < -0.4 is 48.9 Å². The predicted molar refractivity (Wildman–Crippen MR) is 467 cm³/mol. The molecule has 0 unspecified atom stereocenters. The summed E-state index contributed by atoms with van der Waals surface area (Å²) in [5.74, 6) is 0.367. The summed E-state index contributed by atoms with van der Waals surface area (Å²) in [7, 11) is 0.144. The maximum absolute atomic E-state index is 12.5. The van der Waals surface area contributed by atoms with Gasteiger partial charge in [0.05, 0.1) is 42.5 Å². The highest BCUT2D eigenvalue weighted by Crippen LogP contribution is 2.24. The van der Waals surface area contributed by atoms with Crippen molar-refractivity contribution in [3.63, 3.8) is 0 Å². The second-order valence-corrected chi connectivity index (χ2v) is 30.5. The zero-order chi connectivity index (χ0) is 84.9. The Morgan fingerprint density at radius 1 is 0.545 bits per heavy atom. The van der Waals surface area contributed by atoms with Crippen LogP contribution in [-0.2, 0) is 81.2 Å². The summed E-state index contributed by atoms with van der Waals surface area (Å²) in [5, 5.41) is 17.0. The molecule has 0 radical (unpaired) electrons. The van der Waals surface area contributed by atoms with Crippen molar-refractivity contribution in [2.45, 2.75) is 84.2 Å². The Hall–Kier alpha value is -12.9. The highest BCUT2D eigenvalue weighted by Gasteiger charge is 2.19. The molecule has 4 heterocycles. The van der Waals surface area contributed by atoms with E-state index in [1.165, 1.54) is 48.3 Å². The lowest BCUT2D eigenvalue weighted by atomic mass is 10.0. The minimum absolute atomic E-state index is 0. The number of Topliss-reactive ketones (excluding diaryl/α,β-unsaturated/α-hetero) is 4. The Balaban J connectivity index is 0.000000221. The average Bonchev–Trinajstić information content (AvgIpc) is 0.829. The number of thioether (sulfide) groups is 1. The van der Waals surface area contributed by atoms with Crippen LogP contribution in [0.4, 0.5) is 27.9 Å². The first-order valence-electron chi connectivity index (χ1n) is 38.4. The fourth-order valence-corrected chi connectivity index (χ4v) is 13.2. The van der Waals surface area contributed by atoms with Crippen molar-refractivity contribution < 1.29 is 84.1 Å². The number of nitrogens with zero attached hydrogens (tertiary/aromatic N) is 6. The van der Waals surface area contributed by atoms with E-state index >= 15 is 0 Å². The highest BCUT2D eigenvalue weighted by molar-refractivity contribution is 8.14. The molecule has 0 aliphatic rings. The number of sulfonamides is 1. The van der Waals surface area contributed by atoms with Gasteiger partial charge in [-0.15, -0.1) is 0 Å². The number of halogens is 1. The molecular weight excluding hydrogens is 1600 g/mol. The van der Waals surface area contributed by atoms with E-state index in [0.29, 0.717) is 71.4 Å². The molecule has 8 aromatic carbocycles. The number of nitrogen functional groups attached to an aromatic ring is 2. The maximum Gasteiger partial charge on any atom is 0.407 e. The molecule has 0 aliphatic carbocycles. The van der Waals surface area contributed by atoms with Crippen molar-refractivity contribution in [1.29, 1.82) is 0 Å². The molecular formula is C92H99ClN12O14S2. The molecule has 29 heteroatoms. The lowest BCUT2D eigenvalue weighted by Crippen LogP contribution is -3.10. The molecule has 630 valence electrons. The van der Waals surface area contributed by atoms with Crippen LogP contribution in [0.1, 0.15) is 113 Å². The number of benzene rings is 8. The Labute approximate surface area is 714 Å². The van der Waals surface area contributed by atoms with Gasteiger partial charge in [-0.25, -0.2) is 28.2 Å². The number of hydrogen-bond acceptors (Lipinski definition) is 23. The van der Waals surface area contributed by atoms with Gasteiger partial charge in [0, 0.05) is 127 Å². The molecule has 0 saturated carbocycles. The zero-order valence-corrected chi connectivity index (χ0v) is 70.2. The zero-order valence-electron chi connectivity index (χ0n) is 67.8. The number of quaternary nitrogens is 1. The van der Waals surface area contributed by atoms with Crippen LogP contribution in [0.5, 0.6) is 5.75 Å². The summed E-state index contributed by atoms with van der Waals surface area (Å²) < 4.78 is 43.6. The maximum atomic E-state index is 12.5. The van der Waals surface area contributed by atoms with Crippen LogP contribution in [0.3, 0.4) is 0 Å². The first kappa shape index (κ1) is 95.2. The Bertz CT molecular complexity index is 5450. The van der Waals surface area contributed by atoms with Gasteiger partial charge >= 0.3 is 12.1 Å². The quantitative estimate of drug-likeness (QED) is 0.00841. The molecule has 11 N–H and O–H groups in total. The number of aliphatic hydroxyl groups is 1. The van der Waals surface area contributed by atoms with Gasteiger partial charge in [0.25, 0.3) is 10.0 Å². The molecule has 0 saturated heterocycles.